The first kappa shape index (κ1) is 17.2. The van der Waals surface area contributed by atoms with Crippen LogP contribution in [0.1, 0.15) is 46.4 Å². The van der Waals surface area contributed by atoms with Crippen molar-refractivity contribution in [3.63, 3.8) is 0 Å². The topological polar surface area (TPSA) is 86.9 Å². The van der Waals surface area contributed by atoms with Crippen LogP contribution in [0.5, 0.6) is 0 Å². The fraction of sp³-hybridized carbons (Fsp3) is 0.250. The molecule has 4 rings (SSSR count). The molecule has 0 atom stereocenters. The Bertz CT molecular complexity index is 991. The maximum atomic E-state index is 13.7. The summed E-state index contributed by atoms with van der Waals surface area (Å²) in [4.78, 5) is 31.6. The summed E-state index contributed by atoms with van der Waals surface area (Å²) >= 11 is 0. The molecule has 0 unspecified atom stereocenters. The number of imidazole rings is 1. The lowest BCUT2D eigenvalue weighted by Crippen LogP contribution is -2.32. The maximum absolute atomic E-state index is 13.7. The van der Waals surface area contributed by atoms with Gasteiger partial charge in [-0.15, -0.1) is 0 Å². The van der Waals surface area contributed by atoms with Gasteiger partial charge in [-0.1, -0.05) is 12.8 Å². The molecule has 0 bridgehead atoms. The van der Waals surface area contributed by atoms with E-state index in [9.17, 15) is 14.0 Å². The molecule has 0 radical (unpaired) electrons. The molecule has 3 N–H and O–H groups in total. The van der Waals surface area contributed by atoms with Gasteiger partial charge in [0, 0.05) is 17.3 Å². The van der Waals surface area contributed by atoms with E-state index in [2.05, 4.69) is 20.6 Å². The van der Waals surface area contributed by atoms with Crippen molar-refractivity contribution >= 4 is 28.5 Å². The molecular weight excluding hydrogens is 347 g/mol. The van der Waals surface area contributed by atoms with Gasteiger partial charge in [-0.3, -0.25) is 9.59 Å². The molecule has 0 spiro atoms. The van der Waals surface area contributed by atoms with Crippen molar-refractivity contribution < 1.29 is 14.0 Å². The lowest BCUT2D eigenvalue weighted by atomic mass is 10.1. The Labute approximate surface area is 155 Å². The summed E-state index contributed by atoms with van der Waals surface area (Å²) in [6.45, 7) is 0. The first-order chi connectivity index (χ1) is 13.1. The molecule has 1 saturated carbocycles. The third-order valence-corrected chi connectivity index (χ3v) is 4.83. The van der Waals surface area contributed by atoms with Crippen LogP contribution in [0.2, 0.25) is 0 Å². The van der Waals surface area contributed by atoms with Crippen LogP contribution in [0, 0.1) is 5.82 Å². The van der Waals surface area contributed by atoms with Crippen molar-refractivity contribution in [3.05, 3.63) is 59.7 Å². The lowest BCUT2D eigenvalue weighted by molar-refractivity contribution is 0.0937. The van der Waals surface area contributed by atoms with Gasteiger partial charge >= 0.3 is 0 Å². The van der Waals surface area contributed by atoms with Crippen LogP contribution in [0.25, 0.3) is 11.0 Å². The van der Waals surface area contributed by atoms with Gasteiger partial charge in [0.2, 0.25) is 0 Å². The Kier molecular flexibility index (Phi) is 4.58. The van der Waals surface area contributed by atoms with Crippen LogP contribution in [0.15, 0.2) is 42.7 Å². The summed E-state index contributed by atoms with van der Waals surface area (Å²) in [6, 6.07) is 9.33. The standard InChI is InChI=1S/C20H19FN4O2/c21-13-9-16(18-17(10-13)22-11-23-18)20(27)25-15-7-5-12(6-8-15)19(26)24-14-3-1-2-4-14/h5-11,14H,1-4H2,(H,22,23)(H,24,26)(H,25,27). The summed E-state index contributed by atoms with van der Waals surface area (Å²) in [6.07, 6.45) is 5.77. The molecule has 2 amide bonds. The number of halogens is 1. The second kappa shape index (κ2) is 7.19. The summed E-state index contributed by atoms with van der Waals surface area (Å²) < 4.78 is 13.7. The minimum Gasteiger partial charge on any atom is -0.349 e. The van der Waals surface area contributed by atoms with Crippen molar-refractivity contribution in [1.29, 1.82) is 0 Å². The van der Waals surface area contributed by atoms with Gasteiger partial charge in [0.15, 0.2) is 0 Å². The molecule has 1 heterocycles. The Hall–Kier alpha value is -3.22. The first-order valence-electron chi connectivity index (χ1n) is 8.95. The third-order valence-electron chi connectivity index (χ3n) is 4.83. The van der Waals surface area contributed by atoms with Crippen molar-refractivity contribution in [2.45, 2.75) is 31.7 Å². The molecule has 0 aliphatic heterocycles. The lowest BCUT2D eigenvalue weighted by Gasteiger charge is -2.12. The highest BCUT2D eigenvalue weighted by Crippen LogP contribution is 2.20. The summed E-state index contributed by atoms with van der Waals surface area (Å²) in [5.74, 6) is -1.09. The number of carbonyl (C=O) groups excluding carboxylic acids is 2. The van der Waals surface area contributed by atoms with Crippen LogP contribution in [0.3, 0.4) is 0 Å². The number of fused-ring (bicyclic) bond motifs is 1. The maximum Gasteiger partial charge on any atom is 0.258 e. The number of aromatic nitrogens is 2. The van der Waals surface area contributed by atoms with Crippen LogP contribution >= 0.6 is 0 Å². The van der Waals surface area contributed by atoms with Crippen molar-refractivity contribution in [2.75, 3.05) is 5.32 Å². The molecular formula is C20H19FN4O2. The zero-order valence-corrected chi connectivity index (χ0v) is 14.6. The van der Waals surface area contributed by atoms with Gasteiger partial charge in [0.1, 0.15) is 11.3 Å². The SMILES string of the molecule is O=C(NC1CCCC1)c1ccc(NC(=O)c2cc(F)cc3[nH]cnc23)cc1. The largest absolute Gasteiger partial charge is 0.349 e. The molecule has 1 aromatic heterocycles. The Morgan fingerprint density at radius 3 is 2.56 bits per heavy atom. The van der Waals surface area contributed by atoms with Crippen molar-refractivity contribution in [2.24, 2.45) is 0 Å². The molecule has 6 nitrogen and oxygen atoms in total. The van der Waals surface area contributed by atoms with Crippen LogP contribution in [0.4, 0.5) is 10.1 Å². The molecule has 1 aliphatic rings. The monoisotopic (exact) mass is 366 g/mol. The molecule has 1 aliphatic carbocycles. The van der Waals surface area contributed by atoms with E-state index in [1.54, 1.807) is 24.3 Å². The number of nitrogens with zero attached hydrogens (tertiary/aromatic N) is 1. The molecule has 1 fully saturated rings. The van der Waals surface area contributed by atoms with E-state index < -0.39 is 11.7 Å². The highest BCUT2D eigenvalue weighted by molar-refractivity contribution is 6.11. The Morgan fingerprint density at radius 2 is 1.81 bits per heavy atom. The predicted octanol–water partition coefficient (Wildman–Crippen LogP) is 3.63. The number of aromatic amines is 1. The fourth-order valence-corrected chi connectivity index (χ4v) is 3.43. The minimum atomic E-state index is -0.518. The normalized spacial score (nSPS) is 14.4. The number of H-pyrrole nitrogens is 1. The number of anilines is 1. The van der Waals surface area contributed by atoms with Gasteiger partial charge in [0.25, 0.3) is 11.8 Å². The minimum absolute atomic E-state index is 0.108. The quantitative estimate of drug-likeness (QED) is 0.659. The van der Waals surface area contributed by atoms with E-state index in [1.807, 2.05) is 0 Å². The van der Waals surface area contributed by atoms with Crippen LogP contribution in [-0.4, -0.2) is 27.8 Å². The molecule has 7 heteroatoms. The number of amides is 2. The second-order valence-electron chi connectivity index (χ2n) is 6.74. The van der Waals surface area contributed by atoms with Gasteiger partial charge in [-0.25, -0.2) is 9.37 Å². The summed E-state index contributed by atoms with van der Waals surface area (Å²) in [5, 5.41) is 5.74. The van der Waals surface area contributed by atoms with Gasteiger partial charge in [-0.2, -0.15) is 0 Å². The predicted molar refractivity (Wildman–Crippen MR) is 100 cm³/mol. The van der Waals surface area contributed by atoms with E-state index >= 15 is 0 Å². The number of hydrogen-bond acceptors (Lipinski definition) is 3. The molecule has 27 heavy (non-hydrogen) atoms. The summed E-state index contributed by atoms with van der Waals surface area (Å²) in [7, 11) is 0. The molecule has 138 valence electrons. The zero-order chi connectivity index (χ0) is 18.8. The van der Waals surface area contributed by atoms with Gasteiger partial charge in [-0.05, 0) is 49.2 Å². The molecule has 2 aromatic carbocycles. The number of hydrogen-bond donors (Lipinski definition) is 3. The van der Waals surface area contributed by atoms with Crippen molar-refractivity contribution in [1.82, 2.24) is 15.3 Å². The van der Waals surface area contributed by atoms with E-state index in [0.717, 1.165) is 31.7 Å². The average molecular weight is 366 g/mol. The van der Waals surface area contributed by atoms with Gasteiger partial charge < -0.3 is 15.6 Å². The van der Waals surface area contributed by atoms with E-state index in [1.165, 1.54) is 12.4 Å². The number of carbonyl (C=O) groups is 2. The zero-order valence-electron chi connectivity index (χ0n) is 14.6. The third kappa shape index (κ3) is 3.67. The highest BCUT2D eigenvalue weighted by atomic mass is 19.1. The highest BCUT2D eigenvalue weighted by Gasteiger charge is 2.18. The Morgan fingerprint density at radius 1 is 1.07 bits per heavy atom. The van der Waals surface area contributed by atoms with Crippen LogP contribution < -0.4 is 10.6 Å². The fourth-order valence-electron chi connectivity index (χ4n) is 3.43. The molecule has 0 saturated heterocycles. The average Bonchev–Trinajstić information content (AvgIpc) is 3.33. The smallest absolute Gasteiger partial charge is 0.258 e. The van der Waals surface area contributed by atoms with E-state index in [4.69, 9.17) is 0 Å². The Balaban J connectivity index is 1.47. The van der Waals surface area contributed by atoms with Crippen molar-refractivity contribution in [3.8, 4) is 0 Å². The van der Waals surface area contributed by atoms with Gasteiger partial charge in [0.05, 0.1) is 17.4 Å². The van der Waals surface area contributed by atoms with E-state index in [-0.39, 0.29) is 17.5 Å². The van der Waals surface area contributed by atoms with E-state index in [0.29, 0.717) is 22.3 Å². The van der Waals surface area contributed by atoms with Crippen LogP contribution in [-0.2, 0) is 0 Å². The summed E-state index contributed by atoms with van der Waals surface area (Å²) in [5.41, 5.74) is 2.07. The first-order valence-corrected chi connectivity index (χ1v) is 8.95. The number of benzene rings is 2. The second-order valence-corrected chi connectivity index (χ2v) is 6.74. The number of rotatable bonds is 4. The number of nitrogens with one attached hydrogen (secondary N) is 3. The molecule has 3 aromatic rings.